The lowest BCUT2D eigenvalue weighted by atomic mass is 10.2. The quantitative estimate of drug-likeness (QED) is 0.653. The first-order valence-corrected chi connectivity index (χ1v) is 7.09. The van der Waals surface area contributed by atoms with Crippen LogP contribution in [0.1, 0.15) is 0 Å². The zero-order valence-corrected chi connectivity index (χ0v) is 11.9. The van der Waals surface area contributed by atoms with Crippen molar-refractivity contribution in [2.75, 3.05) is 12.3 Å². The minimum absolute atomic E-state index is 0.188. The number of halogens is 4. The fraction of sp³-hybridized carbons (Fsp3) is 0.231. The number of imidazole rings is 1. The maximum atomic E-state index is 12.8. The summed E-state index contributed by atoms with van der Waals surface area (Å²) < 4.78 is 48.6. The molecular formula is C13H11F4N3OS. The molecule has 0 unspecified atom stereocenters. The van der Waals surface area contributed by atoms with E-state index in [4.69, 9.17) is 0 Å². The molecule has 22 heavy (non-hydrogen) atoms. The van der Waals surface area contributed by atoms with Crippen molar-refractivity contribution in [2.24, 2.45) is 0 Å². The predicted molar refractivity (Wildman–Crippen MR) is 73.8 cm³/mol. The van der Waals surface area contributed by atoms with Gasteiger partial charge in [-0.3, -0.25) is 4.79 Å². The number of aromatic nitrogens is 2. The number of aromatic amines is 1. The van der Waals surface area contributed by atoms with Crippen molar-refractivity contribution in [1.29, 1.82) is 0 Å². The van der Waals surface area contributed by atoms with Gasteiger partial charge in [0.2, 0.25) is 5.91 Å². The highest BCUT2D eigenvalue weighted by Gasteiger charge is 2.27. The van der Waals surface area contributed by atoms with Gasteiger partial charge in [0, 0.05) is 0 Å². The smallest absolute Gasteiger partial charge is 0.346 e. The van der Waals surface area contributed by atoms with Crippen molar-refractivity contribution >= 4 is 17.7 Å². The molecule has 4 nitrogen and oxygen atoms in total. The molecule has 1 heterocycles. The number of H-pyrrole nitrogens is 1. The zero-order valence-electron chi connectivity index (χ0n) is 11.1. The van der Waals surface area contributed by atoms with E-state index in [2.05, 4.69) is 9.97 Å². The van der Waals surface area contributed by atoms with Gasteiger partial charge in [-0.05, 0) is 29.8 Å². The lowest BCUT2D eigenvalue weighted by Crippen LogP contribution is -2.34. The summed E-state index contributed by atoms with van der Waals surface area (Å²) >= 11 is 0.978. The second-order valence-electron chi connectivity index (χ2n) is 4.29. The lowest BCUT2D eigenvalue weighted by molar-refractivity contribution is -0.136. The molecule has 0 radical (unpaired) electrons. The highest BCUT2D eigenvalue weighted by atomic mass is 32.2. The van der Waals surface area contributed by atoms with Crippen molar-refractivity contribution < 1.29 is 22.4 Å². The molecule has 0 spiro atoms. The first-order chi connectivity index (χ1) is 10.3. The van der Waals surface area contributed by atoms with E-state index >= 15 is 0 Å². The number of benzene rings is 1. The third-order valence-electron chi connectivity index (χ3n) is 2.53. The Morgan fingerprint density at radius 1 is 1.27 bits per heavy atom. The fourth-order valence-corrected chi connectivity index (χ4v) is 2.22. The number of amides is 1. The van der Waals surface area contributed by atoms with Crippen molar-refractivity contribution in [3.05, 3.63) is 36.3 Å². The summed E-state index contributed by atoms with van der Waals surface area (Å²) in [6.07, 6.45) is -2.93. The molecule has 0 fully saturated rings. The van der Waals surface area contributed by atoms with Crippen molar-refractivity contribution in [3.8, 4) is 11.3 Å². The Balaban J connectivity index is 1.87. The van der Waals surface area contributed by atoms with Gasteiger partial charge < -0.3 is 10.3 Å². The van der Waals surface area contributed by atoms with E-state index in [1.165, 1.54) is 18.3 Å². The molecular weight excluding hydrogens is 322 g/mol. The number of nitrogens with one attached hydrogen (secondary N) is 2. The van der Waals surface area contributed by atoms with Crippen LogP contribution in [0.15, 0.2) is 35.6 Å². The Morgan fingerprint density at radius 3 is 2.59 bits per heavy atom. The summed E-state index contributed by atoms with van der Waals surface area (Å²) in [5.41, 5.74) is 1.33. The van der Waals surface area contributed by atoms with Crippen LogP contribution in [0.25, 0.3) is 11.3 Å². The first kappa shape index (κ1) is 16.3. The Morgan fingerprint density at radius 2 is 1.95 bits per heavy atom. The standard InChI is InChI=1S/C13H11F4N3OS/c14-9-3-1-8(2-4-9)10-5-18-12(20-10)22-6-11(21)19-7-13(15,16)17/h1-5H,6-7H2,(H,18,20)(H,19,21). The Labute approximate surface area is 127 Å². The molecule has 1 aromatic carbocycles. The number of alkyl halides is 3. The van der Waals surface area contributed by atoms with Crippen LogP contribution >= 0.6 is 11.8 Å². The van der Waals surface area contributed by atoms with Gasteiger partial charge in [-0.25, -0.2) is 9.37 Å². The van der Waals surface area contributed by atoms with Crippen LogP contribution in [0.3, 0.4) is 0 Å². The van der Waals surface area contributed by atoms with E-state index in [1.54, 1.807) is 17.4 Å². The highest BCUT2D eigenvalue weighted by molar-refractivity contribution is 7.99. The molecule has 0 aliphatic carbocycles. The van der Waals surface area contributed by atoms with Crippen LogP contribution in [0.5, 0.6) is 0 Å². The van der Waals surface area contributed by atoms with Gasteiger partial charge >= 0.3 is 6.18 Å². The number of rotatable bonds is 5. The number of hydrogen-bond donors (Lipinski definition) is 2. The normalized spacial score (nSPS) is 11.5. The molecule has 0 aliphatic heterocycles. The summed E-state index contributed by atoms with van der Waals surface area (Å²) in [4.78, 5) is 18.2. The minimum Gasteiger partial charge on any atom is -0.346 e. The van der Waals surface area contributed by atoms with Crippen LogP contribution in [-0.4, -0.2) is 34.3 Å². The minimum atomic E-state index is -4.43. The first-order valence-electron chi connectivity index (χ1n) is 6.11. The molecule has 118 valence electrons. The molecule has 0 aliphatic rings. The third kappa shape index (κ3) is 5.06. The van der Waals surface area contributed by atoms with Crippen LogP contribution in [0, 0.1) is 5.82 Å². The molecule has 2 aromatic rings. The molecule has 0 saturated carbocycles. The van der Waals surface area contributed by atoms with Gasteiger partial charge in [0.1, 0.15) is 12.4 Å². The number of carbonyl (C=O) groups is 1. The van der Waals surface area contributed by atoms with Crippen LogP contribution in [0.2, 0.25) is 0 Å². The molecule has 0 atom stereocenters. The lowest BCUT2D eigenvalue weighted by Gasteiger charge is -2.07. The molecule has 1 aromatic heterocycles. The third-order valence-corrected chi connectivity index (χ3v) is 3.42. The molecule has 1 amide bonds. The van der Waals surface area contributed by atoms with E-state index in [0.29, 0.717) is 16.4 Å². The summed E-state index contributed by atoms with van der Waals surface area (Å²) in [6.45, 7) is -1.36. The molecule has 9 heteroatoms. The number of hydrogen-bond acceptors (Lipinski definition) is 3. The van der Waals surface area contributed by atoms with E-state index in [9.17, 15) is 22.4 Å². The average molecular weight is 333 g/mol. The van der Waals surface area contributed by atoms with Crippen molar-refractivity contribution in [1.82, 2.24) is 15.3 Å². The van der Waals surface area contributed by atoms with Gasteiger partial charge in [0.05, 0.1) is 17.6 Å². The van der Waals surface area contributed by atoms with Gasteiger partial charge in [-0.15, -0.1) is 0 Å². The molecule has 2 N–H and O–H groups in total. The SMILES string of the molecule is O=C(CSc1ncc(-c2ccc(F)cc2)[nH]1)NCC(F)(F)F. The zero-order chi connectivity index (χ0) is 16.2. The van der Waals surface area contributed by atoms with Crippen molar-refractivity contribution in [2.45, 2.75) is 11.3 Å². The molecule has 0 saturated heterocycles. The average Bonchev–Trinajstić information content (AvgIpc) is 2.92. The summed E-state index contributed by atoms with van der Waals surface area (Å²) in [5, 5.41) is 2.16. The van der Waals surface area contributed by atoms with E-state index < -0.39 is 18.6 Å². The second kappa shape index (κ2) is 6.82. The van der Waals surface area contributed by atoms with E-state index in [0.717, 1.165) is 11.8 Å². The van der Waals surface area contributed by atoms with Crippen LogP contribution < -0.4 is 5.32 Å². The van der Waals surface area contributed by atoms with E-state index in [1.807, 2.05) is 0 Å². The second-order valence-corrected chi connectivity index (χ2v) is 5.25. The van der Waals surface area contributed by atoms with E-state index in [-0.39, 0.29) is 11.6 Å². The predicted octanol–water partition coefficient (Wildman–Crippen LogP) is 2.99. The van der Waals surface area contributed by atoms with Crippen LogP contribution in [-0.2, 0) is 4.79 Å². The summed E-state index contributed by atoms with van der Waals surface area (Å²) in [7, 11) is 0. The highest BCUT2D eigenvalue weighted by Crippen LogP contribution is 2.21. The summed E-state index contributed by atoms with van der Waals surface area (Å²) in [5.74, 6) is -1.28. The Kier molecular flexibility index (Phi) is 5.07. The Hall–Kier alpha value is -2.03. The van der Waals surface area contributed by atoms with Gasteiger partial charge in [-0.2, -0.15) is 13.2 Å². The topological polar surface area (TPSA) is 57.8 Å². The summed E-state index contributed by atoms with van der Waals surface area (Å²) in [6, 6.07) is 5.72. The van der Waals surface area contributed by atoms with Gasteiger partial charge in [0.25, 0.3) is 0 Å². The maximum absolute atomic E-state index is 12.8. The Bertz CT molecular complexity index is 639. The number of nitrogens with zero attached hydrogens (tertiary/aromatic N) is 1. The largest absolute Gasteiger partial charge is 0.405 e. The van der Waals surface area contributed by atoms with Crippen LogP contribution in [0.4, 0.5) is 17.6 Å². The number of carbonyl (C=O) groups excluding carboxylic acids is 1. The van der Waals surface area contributed by atoms with Gasteiger partial charge in [-0.1, -0.05) is 11.8 Å². The maximum Gasteiger partial charge on any atom is 0.405 e. The molecule has 2 rings (SSSR count). The molecule has 0 bridgehead atoms. The monoisotopic (exact) mass is 333 g/mol. The number of thioether (sulfide) groups is 1. The van der Waals surface area contributed by atoms with Crippen molar-refractivity contribution in [3.63, 3.8) is 0 Å². The fourth-order valence-electron chi connectivity index (χ4n) is 1.54. The van der Waals surface area contributed by atoms with Gasteiger partial charge in [0.15, 0.2) is 5.16 Å².